The van der Waals surface area contributed by atoms with Crippen LogP contribution in [0.5, 0.6) is 0 Å². The van der Waals surface area contributed by atoms with Crippen molar-refractivity contribution in [2.45, 2.75) is 46.1 Å². The van der Waals surface area contributed by atoms with E-state index in [1.807, 2.05) is 0 Å². The lowest BCUT2D eigenvalue weighted by molar-refractivity contribution is 0.150. The third-order valence-electron chi connectivity index (χ3n) is 3.78. The maximum atomic E-state index is 11.3. The van der Waals surface area contributed by atoms with Gasteiger partial charge in [-0.05, 0) is 37.6 Å². The van der Waals surface area contributed by atoms with Gasteiger partial charge in [0.25, 0.3) is 0 Å². The van der Waals surface area contributed by atoms with Crippen LogP contribution in [-0.4, -0.2) is 33.8 Å². The summed E-state index contributed by atoms with van der Waals surface area (Å²) >= 11 is 0. The number of rotatable bonds is 5. The van der Waals surface area contributed by atoms with Crippen molar-refractivity contribution in [1.82, 2.24) is 10.0 Å². The van der Waals surface area contributed by atoms with Gasteiger partial charge in [-0.3, -0.25) is 0 Å². The van der Waals surface area contributed by atoms with Gasteiger partial charge < -0.3 is 5.32 Å². The van der Waals surface area contributed by atoms with Crippen molar-refractivity contribution in [2.75, 3.05) is 19.3 Å². The van der Waals surface area contributed by atoms with E-state index >= 15 is 0 Å². The molecule has 5 heteroatoms. The Morgan fingerprint density at radius 3 is 2.53 bits per heavy atom. The van der Waals surface area contributed by atoms with E-state index in [4.69, 9.17) is 0 Å². The second-order valence-electron chi connectivity index (χ2n) is 5.97. The molecule has 0 heterocycles. The zero-order chi connectivity index (χ0) is 13.1. The number of hydrogen-bond donors (Lipinski definition) is 2. The highest BCUT2D eigenvalue weighted by atomic mass is 32.2. The third-order valence-corrected chi connectivity index (χ3v) is 5.15. The first-order valence-electron chi connectivity index (χ1n) is 6.40. The van der Waals surface area contributed by atoms with Gasteiger partial charge in [-0.15, -0.1) is 0 Å². The minimum atomic E-state index is -3.07. The molecule has 1 aliphatic carbocycles. The predicted molar refractivity (Wildman–Crippen MR) is 71.4 cm³/mol. The minimum absolute atomic E-state index is 0.163. The van der Waals surface area contributed by atoms with Crippen LogP contribution in [0.1, 0.15) is 40.0 Å². The summed E-state index contributed by atoms with van der Waals surface area (Å²) in [5, 5.41) is 3.38. The van der Waals surface area contributed by atoms with Crippen molar-refractivity contribution in [3.63, 3.8) is 0 Å². The summed E-state index contributed by atoms with van der Waals surface area (Å²) in [5.74, 6) is 0.784. The molecule has 2 atom stereocenters. The van der Waals surface area contributed by atoms with E-state index < -0.39 is 10.0 Å². The van der Waals surface area contributed by atoms with E-state index in [2.05, 4.69) is 30.8 Å². The molecule has 1 fully saturated rings. The lowest BCUT2D eigenvalue weighted by atomic mass is 9.70. The molecule has 17 heavy (non-hydrogen) atoms. The smallest absolute Gasteiger partial charge is 0.212 e. The summed E-state index contributed by atoms with van der Waals surface area (Å²) in [6.07, 6.45) is 3.57. The standard InChI is InChI=1S/C12H26N2O2S/c1-10-9-12(2,3)6-5-11(10)14-7-8-17(15,16)13-4/h10-11,13-14H,5-9H2,1-4H3. The van der Waals surface area contributed by atoms with E-state index in [0.29, 0.717) is 23.9 Å². The molecule has 0 bridgehead atoms. The summed E-state index contributed by atoms with van der Waals surface area (Å²) in [6, 6.07) is 0.468. The van der Waals surface area contributed by atoms with Crippen LogP contribution < -0.4 is 10.0 Å². The van der Waals surface area contributed by atoms with Gasteiger partial charge >= 0.3 is 0 Å². The molecule has 2 N–H and O–H groups in total. The van der Waals surface area contributed by atoms with Crippen molar-refractivity contribution in [1.29, 1.82) is 0 Å². The van der Waals surface area contributed by atoms with Gasteiger partial charge in [-0.1, -0.05) is 20.8 Å². The zero-order valence-corrected chi connectivity index (χ0v) is 12.2. The second-order valence-corrected chi connectivity index (χ2v) is 8.01. The van der Waals surface area contributed by atoms with Crippen LogP contribution in [0.25, 0.3) is 0 Å². The zero-order valence-electron chi connectivity index (χ0n) is 11.4. The van der Waals surface area contributed by atoms with Gasteiger partial charge in [-0.2, -0.15) is 0 Å². The van der Waals surface area contributed by atoms with Gasteiger partial charge in [-0.25, -0.2) is 13.1 Å². The molecule has 1 saturated carbocycles. The number of sulfonamides is 1. The Morgan fingerprint density at radius 2 is 2.00 bits per heavy atom. The van der Waals surface area contributed by atoms with Crippen LogP contribution in [0, 0.1) is 11.3 Å². The van der Waals surface area contributed by atoms with E-state index in [0.717, 1.165) is 6.42 Å². The normalized spacial score (nSPS) is 29.2. The van der Waals surface area contributed by atoms with E-state index in [1.165, 1.54) is 19.9 Å². The van der Waals surface area contributed by atoms with Gasteiger partial charge in [0.15, 0.2) is 0 Å². The summed E-state index contributed by atoms with van der Waals surface area (Å²) in [7, 11) is -1.61. The van der Waals surface area contributed by atoms with Crippen LogP contribution in [0.3, 0.4) is 0 Å². The molecule has 0 aromatic carbocycles. The fourth-order valence-corrected chi connectivity index (χ4v) is 3.32. The topological polar surface area (TPSA) is 58.2 Å². The van der Waals surface area contributed by atoms with Gasteiger partial charge in [0, 0.05) is 12.6 Å². The molecule has 2 unspecified atom stereocenters. The first-order chi connectivity index (χ1) is 7.76. The van der Waals surface area contributed by atoms with Crippen LogP contribution in [0.15, 0.2) is 0 Å². The molecular weight excluding hydrogens is 236 g/mol. The van der Waals surface area contributed by atoms with E-state index in [-0.39, 0.29) is 5.75 Å². The fraction of sp³-hybridized carbons (Fsp3) is 1.00. The minimum Gasteiger partial charge on any atom is -0.313 e. The number of hydrogen-bond acceptors (Lipinski definition) is 3. The Morgan fingerprint density at radius 1 is 1.35 bits per heavy atom. The lowest BCUT2D eigenvalue weighted by Crippen LogP contribution is -2.43. The van der Waals surface area contributed by atoms with Crippen LogP contribution >= 0.6 is 0 Å². The maximum absolute atomic E-state index is 11.3. The molecule has 1 aliphatic rings. The van der Waals surface area contributed by atoms with E-state index in [9.17, 15) is 8.42 Å². The quantitative estimate of drug-likeness (QED) is 0.786. The summed E-state index contributed by atoms with van der Waals surface area (Å²) in [5.41, 5.74) is 0.439. The summed E-state index contributed by atoms with van der Waals surface area (Å²) in [4.78, 5) is 0. The first kappa shape index (κ1) is 14.9. The molecule has 0 spiro atoms. The number of nitrogens with one attached hydrogen (secondary N) is 2. The van der Waals surface area contributed by atoms with Crippen molar-refractivity contribution in [2.24, 2.45) is 11.3 Å². The molecular formula is C12H26N2O2S. The second kappa shape index (κ2) is 5.67. The largest absolute Gasteiger partial charge is 0.313 e. The molecule has 0 saturated heterocycles. The predicted octanol–water partition coefficient (Wildman–Crippen LogP) is 1.34. The average Bonchev–Trinajstić information content (AvgIpc) is 2.20. The first-order valence-corrected chi connectivity index (χ1v) is 8.05. The molecule has 0 aliphatic heterocycles. The Hall–Kier alpha value is -0.130. The van der Waals surface area contributed by atoms with E-state index in [1.54, 1.807) is 0 Å². The maximum Gasteiger partial charge on any atom is 0.212 e. The fourth-order valence-electron chi connectivity index (χ4n) is 2.73. The van der Waals surface area contributed by atoms with Gasteiger partial charge in [0.2, 0.25) is 10.0 Å². The Labute approximate surface area is 106 Å². The SMILES string of the molecule is CNS(=O)(=O)CCNC1CCC(C)(C)CC1C. The average molecular weight is 262 g/mol. The molecule has 0 amide bonds. The summed E-state index contributed by atoms with van der Waals surface area (Å²) < 4.78 is 24.9. The van der Waals surface area contributed by atoms with Crippen molar-refractivity contribution >= 4 is 10.0 Å². The Balaban J connectivity index is 2.34. The van der Waals surface area contributed by atoms with Crippen LogP contribution in [0.2, 0.25) is 0 Å². The highest BCUT2D eigenvalue weighted by Crippen LogP contribution is 2.38. The monoisotopic (exact) mass is 262 g/mol. The Kier molecular flexibility index (Phi) is 4.98. The molecule has 0 aromatic heterocycles. The highest BCUT2D eigenvalue weighted by Gasteiger charge is 2.31. The van der Waals surface area contributed by atoms with Crippen molar-refractivity contribution in [3.05, 3.63) is 0 Å². The van der Waals surface area contributed by atoms with Crippen molar-refractivity contribution in [3.8, 4) is 0 Å². The molecule has 0 aromatic rings. The van der Waals surface area contributed by atoms with Crippen LogP contribution in [-0.2, 0) is 10.0 Å². The molecule has 0 radical (unpaired) electrons. The Bertz CT molecular complexity index is 338. The molecule has 4 nitrogen and oxygen atoms in total. The highest BCUT2D eigenvalue weighted by molar-refractivity contribution is 7.89. The van der Waals surface area contributed by atoms with Crippen LogP contribution in [0.4, 0.5) is 0 Å². The third kappa shape index (κ3) is 4.94. The van der Waals surface area contributed by atoms with Crippen molar-refractivity contribution < 1.29 is 8.42 Å². The van der Waals surface area contributed by atoms with Gasteiger partial charge in [0.05, 0.1) is 5.75 Å². The summed E-state index contributed by atoms with van der Waals surface area (Å²) in [6.45, 7) is 7.42. The van der Waals surface area contributed by atoms with Gasteiger partial charge in [0.1, 0.15) is 0 Å². The lowest BCUT2D eigenvalue weighted by Gasteiger charge is -2.39. The molecule has 1 rings (SSSR count). The molecule has 102 valence electrons.